The minimum absolute atomic E-state index is 0.0247. The van der Waals surface area contributed by atoms with Crippen molar-refractivity contribution in [3.05, 3.63) is 35.5 Å². The van der Waals surface area contributed by atoms with Crippen LogP contribution in [0.15, 0.2) is 35.5 Å². The maximum atomic E-state index is 11.8. The van der Waals surface area contributed by atoms with Crippen molar-refractivity contribution in [3.63, 3.8) is 0 Å². The summed E-state index contributed by atoms with van der Waals surface area (Å²) in [6.07, 6.45) is 5.15. The summed E-state index contributed by atoms with van der Waals surface area (Å²) in [6, 6.07) is 0. The predicted molar refractivity (Wildman–Crippen MR) is 66.7 cm³/mol. The Bertz CT molecular complexity index is 538. The molecule has 0 aromatic heterocycles. The van der Waals surface area contributed by atoms with Crippen LogP contribution in [0, 0.1) is 11.3 Å². The summed E-state index contributed by atoms with van der Waals surface area (Å²) < 4.78 is 5.45. The van der Waals surface area contributed by atoms with Crippen LogP contribution in [-0.2, 0) is 14.3 Å². The number of esters is 1. The molecule has 18 heavy (non-hydrogen) atoms. The summed E-state index contributed by atoms with van der Waals surface area (Å²) in [5.74, 6) is -0.233. The molecule has 2 fully saturated rings. The van der Waals surface area contributed by atoms with Gasteiger partial charge in [0.15, 0.2) is 5.78 Å². The van der Waals surface area contributed by atoms with Crippen LogP contribution in [0.2, 0.25) is 0 Å². The molecule has 1 heterocycles. The molecule has 3 nitrogen and oxygen atoms in total. The van der Waals surface area contributed by atoms with Gasteiger partial charge in [-0.05, 0) is 31.4 Å². The monoisotopic (exact) mass is 244 g/mol. The summed E-state index contributed by atoms with van der Waals surface area (Å²) in [4.78, 5) is 23.5. The minimum atomic E-state index is -0.309. The predicted octanol–water partition coefficient (Wildman–Crippen LogP) is 2.34. The minimum Gasteiger partial charge on any atom is -0.454 e. The van der Waals surface area contributed by atoms with E-state index in [1.807, 2.05) is 13.0 Å². The highest BCUT2D eigenvalue weighted by Crippen LogP contribution is 2.52. The van der Waals surface area contributed by atoms with Crippen molar-refractivity contribution in [2.75, 3.05) is 0 Å². The van der Waals surface area contributed by atoms with Crippen molar-refractivity contribution in [3.8, 4) is 0 Å². The topological polar surface area (TPSA) is 43.4 Å². The van der Waals surface area contributed by atoms with E-state index < -0.39 is 0 Å². The molecular weight excluding hydrogens is 228 g/mol. The highest BCUT2D eigenvalue weighted by atomic mass is 16.6. The molecule has 0 unspecified atom stereocenters. The first-order valence-corrected chi connectivity index (χ1v) is 6.28. The van der Waals surface area contributed by atoms with Gasteiger partial charge in [0.2, 0.25) is 0 Å². The number of fused-ring (bicyclic) bond motifs is 3. The number of allylic oxidation sites excluding steroid dienone is 3. The van der Waals surface area contributed by atoms with Gasteiger partial charge in [-0.1, -0.05) is 19.6 Å². The van der Waals surface area contributed by atoms with Crippen LogP contribution < -0.4 is 0 Å². The molecule has 0 radical (unpaired) electrons. The molecule has 0 spiro atoms. The summed E-state index contributed by atoms with van der Waals surface area (Å²) in [5.41, 5.74) is 2.13. The summed E-state index contributed by atoms with van der Waals surface area (Å²) in [5, 5.41) is 0. The Labute approximate surface area is 106 Å². The Morgan fingerprint density at radius 3 is 2.89 bits per heavy atom. The molecule has 0 amide bonds. The molecule has 1 saturated heterocycles. The molecule has 0 N–H and O–H groups in total. The number of carbonyl (C=O) groups excluding carboxylic acids is 2. The standard InChI is InChI=1S/C15H16O3/c1-8-10-4-6-15(3)7-5-11(16)9(2)12(15)13(10)18-14(8)17/h5,7,10,13H,1,4,6H2,2-3H3/t10-,13+,15-/m0/s1. The van der Waals surface area contributed by atoms with Gasteiger partial charge in [-0.2, -0.15) is 0 Å². The molecular formula is C15H16O3. The Morgan fingerprint density at radius 2 is 2.17 bits per heavy atom. The average molecular weight is 244 g/mol. The van der Waals surface area contributed by atoms with Gasteiger partial charge >= 0.3 is 5.97 Å². The molecule has 2 aliphatic carbocycles. The fraction of sp³-hybridized carbons (Fsp3) is 0.467. The van der Waals surface area contributed by atoms with Gasteiger partial charge in [0, 0.05) is 22.5 Å². The highest BCUT2D eigenvalue weighted by molar-refractivity contribution is 6.06. The molecule has 1 saturated carbocycles. The van der Waals surface area contributed by atoms with Crippen LogP contribution in [0.25, 0.3) is 0 Å². The zero-order chi connectivity index (χ0) is 13.1. The lowest BCUT2D eigenvalue weighted by Crippen LogP contribution is -2.39. The lowest BCUT2D eigenvalue weighted by atomic mass is 9.62. The van der Waals surface area contributed by atoms with E-state index in [0.717, 1.165) is 24.0 Å². The van der Waals surface area contributed by atoms with Gasteiger partial charge in [-0.25, -0.2) is 4.79 Å². The van der Waals surface area contributed by atoms with Crippen LogP contribution in [-0.4, -0.2) is 17.9 Å². The first-order valence-electron chi connectivity index (χ1n) is 6.28. The van der Waals surface area contributed by atoms with Crippen LogP contribution in [0.1, 0.15) is 26.7 Å². The van der Waals surface area contributed by atoms with E-state index in [9.17, 15) is 9.59 Å². The molecule has 0 aromatic carbocycles. The first kappa shape index (κ1) is 11.5. The fourth-order valence-electron chi connectivity index (χ4n) is 3.44. The van der Waals surface area contributed by atoms with Gasteiger partial charge in [-0.15, -0.1) is 0 Å². The number of hydrogen-bond acceptors (Lipinski definition) is 3. The Kier molecular flexibility index (Phi) is 2.19. The lowest BCUT2D eigenvalue weighted by molar-refractivity contribution is -0.138. The van der Waals surface area contributed by atoms with Crippen molar-refractivity contribution < 1.29 is 14.3 Å². The second-order valence-electron chi connectivity index (χ2n) is 5.65. The fourth-order valence-corrected chi connectivity index (χ4v) is 3.44. The second kappa shape index (κ2) is 3.44. The van der Waals surface area contributed by atoms with Crippen molar-refractivity contribution in [1.82, 2.24) is 0 Å². The Balaban J connectivity index is 2.13. The number of hydrogen-bond donors (Lipinski definition) is 0. The summed E-state index contributed by atoms with van der Waals surface area (Å²) >= 11 is 0. The van der Waals surface area contributed by atoms with Crippen LogP contribution in [0.4, 0.5) is 0 Å². The number of ketones is 1. The van der Waals surface area contributed by atoms with Gasteiger partial charge in [0.25, 0.3) is 0 Å². The van der Waals surface area contributed by atoms with E-state index >= 15 is 0 Å². The second-order valence-corrected chi connectivity index (χ2v) is 5.65. The van der Waals surface area contributed by atoms with Gasteiger partial charge in [0.1, 0.15) is 6.10 Å². The third-order valence-electron chi connectivity index (χ3n) is 4.56. The maximum Gasteiger partial charge on any atom is 0.334 e. The van der Waals surface area contributed by atoms with E-state index in [4.69, 9.17) is 4.74 Å². The Hall–Kier alpha value is -1.64. The number of carbonyl (C=O) groups is 2. The van der Waals surface area contributed by atoms with Gasteiger partial charge in [-0.3, -0.25) is 4.79 Å². The van der Waals surface area contributed by atoms with Crippen molar-refractivity contribution in [2.45, 2.75) is 32.8 Å². The molecule has 3 heteroatoms. The molecule has 0 bridgehead atoms. The highest BCUT2D eigenvalue weighted by Gasteiger charge is 2.51. The first-order chi connectivity index (χ1) is 8.44. The van der Waals surface area contributed by atoms with E-state index in [1.165, 1.54) is 0 Å². The molecule has 94 valence electrons. The zero-order valence-electron chi connectivity index (χ0n) is 10.7. The number of ether oxygens (including phenoxy) is 1. The van der Waals surface area contributed by atoms with Crippen molar-refractivity contribution in [2.24, 2.45) is 11.3 Å². The largest absolute Gasteiger partial charge is 0.454 e. The van der Waals surface area contributed by atoms with Gasteiger partial charge in [0.05, 0.1) is 0 Å². The molecule has 3 aliphatic rings. The van der Waals surface area contributed by atoms with E-state index in [0.29, 0.717) is 5.57 Å². The number of rotatable bonds is 0. The van der Waals surface area contributed by atoms with Crippen molar-refractivity contribution >= 4 is 11.8 Å². The third kappa shape index (κ3) is 1.30. The maximum absolute atomic E-state index is 11.8. The van der Waals surface area contributed by atoms with Crippen LogP contribution >= 0.6 is 0 Å². The molecule has 3 atom stereocenters. The summed E-state index contributed by atoms with van der Waals surface area (Å²) in [7, 11) is 0. The Morgan fingerprint density at radius 1 is 1.44 bits per heavy atom. The normalized spacial score (nSPS) is 38.7. The van der Waals surface area contributed by atoms with E-state index in [-0.39, 0.29) is 29.2 Å². The van der Waals surface area contributed by atoms with Crippen LogP contribution in [0.3, 0.4) is 0 Å². The van der Waals surface area contributed by atoms with Crippen LogP contribution in [0.5, 0.6) is 0 Å². The smallest absolute Gasteiger partial charge is 0.334 e. The molecule has 1 aliphatic heterocycles. The molecule has 0 aromatic rings. The quantitative estimate of drug-likeness (QED) is 0.485. The average Bonchev–Trinajstić information content (AvgIpc) is 2.60. The SMILES string of the molecule is C=C1C(=O)O[C@H]2C3=C(C)C(=O)C=C[C@]3(C)CC[C@@H]12. The summed E-state index contributed by atoms with van der Waals surface area (Å²) in [6.45, 7) is 7.76. The van der Waals surface area contributed by atoms with Crippen molar-refractivity contribution in [1.29, 1.82) is 0 Å². The lowest BCUT2D eigenvalue weighted by Gasteiger charge is -2.42. The van der Waals surface area contributed by atoms with E-state index in [2.05, 4.69) is 13.5 Å². The zero-order valence-corrected chi connectivity index (χ0v) is 10.7. The van der Waals surface area contributed by atoms with E-state index in [1.54, 1.807) is 6.08 Å². The third-order valence-corrected chi connectivity index (χ3v) is 4.56. The molecule has 3 rings (SSSR count). The van der Waals surface area contributed by atoms with Gasteiger partial charge < -0.3 is 4.74 Å².